The molecule has 1 atom stereocenters. The van der Waals surface area contributed by atoms with Gasteiger partial charge < -0.3 is 14.0 Å². The summed E-state index contributed by atoms with van der Waals surface area (Å²) in [4.78, 5) is 0. The van der Waals surface area contributed by atoms with E-state index in [4.69, 9.17) is 9.47 Å². The fraction of sp³-hybridized carbons (Fsp3) is 0.273. The highest BCUT2D eigenvalue weighted by Gasteiger charge is 2.38. The normalized spacial score (nSPS) is 18.4. The Balaban J connectivity index is 1.90. The van der Waals surface area contributed by atoms with E-state index >= 15 is 0 Å². The highest BCUT2D eigenvalue weighted by Crippen LogP contribution is 2.45. The average Bonchev–Trinajstić information content (AvgIpc) is 3.11. The van der Waals surface area contributed by atoms with E-state index < -0.39 is 0 Å². The summed E-state index contributed by atoms with van der Waals surface area (Å²) in [5.41, 5.74) is 5.18. The van der Waals surface area contributed by atoms with Gasteiger partial charge in [-0.2, -0.15) is 0 Å². The van der Waals surface area contributed by atoms with E-state index in [0.717, 1.165) is 24.5 Å². The lowest BCUT2D eigenvalue weighted by Crippen LogP contribution is -2.35. The zero-order chi connectivity index (χ0) is 17.4. The Labute approximate surface area is 148 Å². The van der Waals surface area contributed by atoms with Gasteiger partial charge in [0.2, 0.25) is 0 Å². The molecule has 0 fully saturated rings. The van der Waals surface area contributed by atoms with Crippen LogP contribution < -0.4 is 9.47 Å². The molecular formula is C22H23NO2. The van der Waals surface area contributed by atoms with Crippen molar-refractivity contribution in [3.63, 3.8) is 0 Å². The first-order chi connectivity index (χ1) is 12.2. The predicted octanol–water partition coefficient (Wildman–Crippen LogP) is 4.42. The quantitative estimate of drug-likeness (QED) is 0.706. The molecule has 1 aromatic heterocycles. The maximum Gasteiger partial charge on any atom is 0.161 e. The van der Waals surface area contributed by atoms with Crippen LogP contribution in [-0.4, -0.2) is 18.8 Å². The van der Waals surface area contributed by atoms with Crippen molar-refractivity contribution in [1.29, 1.82) is 0 Å². The molecule has 1 aliphatic rings. The second-order valence-corrected chi connectivity index (χ2v) is 6.88. The summed E-state index contributed by atoms with van der Waals surface area (Å²) >= 11 is 0. The zero-order valence-electron chi connectivity index (χ0n) is 15.0. The molecule has 0 amide bonds. The van der Waals surface area contributed by atoms with Gasteiger partial charge in [-0.05, 0) is 54.3 Å². The van der Waals surface area contributed by atoms with E-state index in [9.17, 15) is 0 Å². The average molecular weight is 333 g/mol. The van der Waals surface area contributed by atoms with Crippen LogP contribution in [0, 0.1) is 0 Å². The van der Waals surface area contributed by atoms with Gasteiger partial charge in [-0.3, -0.25) is 0 Å². The number of methoxy groups -OCH3 is 2. The topological polar surface area (TPSA) is 23.4 Å². The van der Waals surface area contributed by atoms with Gasteiger partial charge in [-0.25, -0.2) is 0 Å². The Bertz CT molecular complexity index is 898. The van der Waals surface area contributed by atoms with Gasteiger partial charge in [0.15, 0.2) is 11.5 Å². The van der Waals surface area contributed by atoms with Gasteiger partial charge in [0, 0.05) is 23.9 Å². The maximum absolute atomic E-state index is 5.58. The van der Waals surface area contributed by atoms with Gasteiger partial charge in [-0.1, -0.05) is 30.3 Å². The Hall–Kier alpha value is -2.68. The van der Waals surface area contributed by atoms with E-state index in [1.54, 1.807) is 14.2 Å². The molecule has 0 N–H and O–H groups in total. The van der Waals surface area contributed by atoms with Crippen molar-refractivity contribution >= 4 is 0 Å². The third-order valence-corrected chi connectivity index (χ3v) is 5.34. The molecule has 0 saturated carbocycles. The van der Waals surface area contributed by atoms with Crippen LogP contribution in [0.5, 0.6) is 11.5 Å². The molecule has 4 rings (SSSR count). The molecule has 0 saturated heterocycles. The van der Waals surface area contributed by atoms with Gasteiger partial charge in [0.1, 0.15) is 0 Å². The zero-order valence-corrected chi connectivity index (χ0v) is 15.0. The summed E-state index contributed by atoms with van der Waals surface area (Å²) in [5.74, 6) is 1.58. The molecule has 0 aliphatic carbocycles. The lowest BCUT2D eigenvalue weighted by Gasteiger charge is -2.38. The van der Waals surface area contributed by atoms with Gasteiger partial charge >= 0.3 is 0 Å². The molecule has 1 unspecified atom stereocenters. The van der Waals surface area contributed by atoms with Crippen LogP contribution >= 0.6 is 0 Å². The Morgan fingerprint density at radius 1 is 0.960 bits per heavy atom. The number of hydrogen-bond acceptors (Lipinski definition) is 2. The van der Waals surface area contributed by atoms with Crippen LogP contribution in [0.3, 0.4) is 0 Å². The molecule has 2 aromatic carbocycles. The molecule has 2 heterocycles. The van der Waals surface area contributed by atoms with Crippen molar-refractivity contribution in [1.82, 2.24) is 4.57 Å². The fourth-order valence-corrected chi connectivity index (χ4v) is 4.13. The van der Waals surface area contributed by atoms with Crippen LogP contribution in [0.25, 0.3) is 0 Å². The molecule has 0 spiro atoms. The van der Waals surface area contributed by atoms with Crippen molar-refractivity contribution in [3.8, 4) is 11.5 Å². The van der Waals surface area contributed by atoms with Gasteiger partial charge in [0.05, 0.1) is 14.2 Å². The monoisotopic (exact) mass is 333 g/mol. The number of hydrogen-bond donors (Lipinski definition) is 0. The first-order valence-electron chi connectivity index (χ1n) is 8.60. The Morgan fingerprint density at radius 3 is 2.40 bits per heavy atom. The second-order valence-electron chi connectivity index (χ2n) is 6.88. The minimum absolute atomic E-state index is 0.113. The largest absolute Gasteiger partial charge is 0.493 e. The minimum atomic E-state index is -0.113. The predicted molar refractivity (Wildman–Crippen MR) is 99.7 cm³/mol. The summed E-state index contributed by atoms with van der Waals surface area (Å²) in [7, 11) is 3.39. The molecule has 3 nitrogen and oxygen atoms in total. The highest BCUT2D eigenvalue weighted by atomic mass is 16.5. The van der Waals surface area contributed by atoms with E-state index in [0.29, 0.717) is 0 Å². The molecule has 3 aromatic rings. The second kappa shape index (κ2) is 5.99. The van der Waals surface area contributed by atoms with Crippen molar-refractivity contribution in [2.24, 2.45) is 0 Å². The molecule has 3 heteroatoms. The van der Waals surface area contributed by atoms with E-state index in [1.807, 2.05) is 0 Å². The maximum atomic E-state index is 5.58. The third-order valence-electron chi connectivity index (χ3n) is 5.34. The number of ether oxygens (including phenoxy) is 2. The lowest BCUT2D eigenvalue weighted by molar-refractivity contribution is 0.351. The number of aromatic nitrogens is 1. The van der Waals surface area contributed by atoms with Crippen molar-refractivity contribution < 1.29 is 9.47 Å². The summed E-state index contributed by atoms with van der Waals surface area (Å²) in [6, 6.07) is 19.3. The van der Waals surface area contributed by atoms with Crippen molar-refractivity contribution in [2.45, 2.75) is 25.3 Å². The van der Waals surface area contributed by atoms with Crippen molar-refractivity contribution in [2.75, 3.05) is 14.2 Å². The lowest BCUT2D eigenvalue weighted by atomic mass is 9.71. The van der Waals surface area contributed by atoms with Crippen LogP contribution in [0.2, 0.25) is 0 Å². The first kappa shape index (κ1) is 15.8. The molecule has 0 bridgehead atoms. The number of nitrogens with zero attached hydrogens (tertiary/aromatic N) is 1. The molecule has 1 aliphatic heterocycles. The van der Waals surface area contributed by atoms with Crippen LogP contribution in [0.4, 0.5) is 0 Å². The standard InChI is InChI=1S/C22H23NO2/c1-22(14-16-8-5-4-6-9-16)18-13-20(25-3)19(24-2)12-17(18)15-23-11-7-10-21(22)23/h4-13H,14-15H2,1-3H3. The summed E-state index contributed by atoms with van der Waals surface area (Å²) in [6.07, 6.45) is 3.11. The smallest absolute Gasteiger partial charge is 0.161 e. The SMILES string of the molecule is COc1cc2c(cc1OC)C(C)(Cc1ccccc1)c1cccn1C2. The van der Waals surface area contributed by atoms with E-state index in [-0.39, 0.29) is 5.41 Å². The third kappa shape index (κ3) is 2.51. The number of rotatable bonds is 4. The van der Waals surface area contributed by atoms with Crippen LogP contribution in [-0.2, 0) is 18.4 Å². The number of benzene rings is 2. The van der Waals surface area contributed by atoms with Gasteiger partial charge in [0.25, 0.3) is 0 Å². The minimum Gasteiger partial charge on any atom is -0.493 e. The van der Waals surface area contributed by atoms with Crippen LogP contribution in [0.15, 0.2) is 60.8 Å². The van der Waals surface area contributed by atoms with E-state index in [1.165, 1.54) is 22.4 Å². The van der Waals surface area contributed by atoms with E-state index in [2.05, 4.69) is 72.3 Å². The molecule has 0 radical (unpaired) electrons. The molecular weight excluding hydrogens is 310 g/mol. The fourth-order valence-electron chi connectivity index (χ4n) is 4.13. The molecule has 128 valence electrons. The Kier molecular flexibility index (Phi) is 3.79. The number of fused-ring (bicyclic) bond motifs is 2. The first-order valence-corrected chi connectivity index (χ1v) is 8.60. The van der Waals surface area contributed by atoms with Crippen LogP contribution in [0.1, 0.15) is 29.3 Å². The van der Waals surface area contributed by atoms with Crippen molar-refractivity contribution in [3.05, 3.63) is 83.2 Å². The summed E-state index contributed by atoms with van der Waals surface area (Å²) < 4.78 is 13.5. The summed E-state index contributed by atoms with van der Waals surface area (Å²) in [5, 5.41) is 0. The van der Waals surface area contributed by atoms with Gasteiger partial charge in [-0.15, -0.1) is 0 Å². The molecule has 25 heavy (non-hydrogen) atoms. The Morgan fingerprint density at radius 2 is 1.68 bits per heavy atom. The summed E-state index contributed by atoms with van der Waals surface area (Å²) in [6.45, 7) is 3.19. The highest BCUT2D eigenvalue weighted by molar-refractivity contribution is 5.55.